The Labute approximate surface area is 66.4 Å². The van der Waals surface area contributed by atoms with E-state index in [1.165, 1.54) is 0 Å². The number of hydrazine groups is 1. The number of nitrogens with zero attached hydrogens (tertiary/aromatic N) is 1. The van der Waals surface area contributed by atoms with Crippen LogP contribution in [0.5, 0.6) is 0 Å². The Hall–Kier alpha value is -1.56. The molecule has 0 aromatic carbocycles. The third-order valence-corrected chi connectivity index (χ3v) is 1.21. The number of hydrogen-bond acceptors (Lipinski definition) is 3. The van der Waals surface area contributed by atoms with Crippen molar-refractivity contribution in [3.63, 3.8) is 0 Å². The molecule has 6 heteroatoms. The van der Waals surface area contributed by atoms with E-state index < -0.39 is 23.1 Å². The number of hydrogen-bond donors (Lipinski definition) is 2. The molecule has 0 spiro atoms. The average Bonchev–Trinajstić information content (AvgIpc) is 2.03. The van der Waals surface area contributed by atoms with Crippen molar-refractivity contribution < 1.29 is 13.6 Å². The second-order valence-electron chi connectivity index (χ2n) is 1.95. The van der Waals surface area contributed by atoms with Crippen molar-refractivity contribution in [1.29, 1.82) is 0 Å². The van der Waals surface area contributed by atoms with Crippen LogP contribution in [-0.2, 0) is 0 Å². The Morgan fingerprint density at radius 3 is 2.33 bits per heavy atom. The normalized spacial score (nSPS) is 9.58. The lowest BCUT2D eigenvalue weighted by atomic mass is 10.2. The van der Waals surface area contributed by atoms with Gasteiger partial charge in [-0.25, -0.2) is 14.6 Å². The number of amides is 1. The SMILES string of the molecule is NNC(=O)c1c(F)cncc1F. The fourth-order valence-corrected chi connectivity index (χ4v) is 0.700. The number of pyridine rings is 1. The first-order valence-corrected chi connectivity index (χ1v) is 2.96. The highest BCUT2D eigenvalue weighted by atomic mass is 19.1. The van der Waals surface area contributed by atoms with Crippen molar-refractivity contribution in [1.82, 2.24) is 10.4 Å². The van der Waals surface area contributed by atoms with E-state index in [1.54, 1.807) is 5.43 Å². The molecule has 0 bridgehead atoms. The van der Waals surface area contributed by atoms with Gasteiger partial charge in [0.05, 0.1) is 12.4 Å². The minimum absolute atomic E-state index is 0.729. The molecule has 12 heavy (non-hydrogen) atoms. The van der Waals surface area contributed by atoms with Crippen molar-refractivity contribution in [2.75, 3.05) is 0 Å². The van der Waals surface area contributed by atoms with Crippen LogP contribution in [0.1, 0.15) is 10.4 Å². The molecule has 4 nitrogen and oxygen atoms in total. The van der Waals surface area contributed by atoms with E-state index in [4.69, 9.17) is 0 Å². The first kappa shape index (κ1) is 8.54. The monoisotopic (exact) mass is 173 g/mol. The van der Waals surface area contributed by atoms with E-state index in [-0.39, 0.29) is 0 Å². The van der Waals surface area contributed by atoms with Gasteiger partial charge in [-0.2, -0.15) is 0 Å². The van der Waals surface area contributed by atoms with Gasteiger partial charge in [-0.15, -0.1) is 0 Å². The van der Waals surface area contributed by atoms with Crippen molar-refractivity contribution in [2.24, 2.45) is 5.84 Å². The molecule has 0 unspecified atom stereocenters. The second-order valence-corrected chi connectivity index (χ2v) is 1.95. The highest BCUT2D eigenvalue weighted by molar-refractivity contribution is 5.94. The zero-order valence-electron chi connectivity index (χ0n) is 5.84. The van der Waals surface area contributed by atoms with Gasteiger partial charge < -0.3 is 0 Å². The molecule has 1 heterocycles. The van der Waals surface area contributed by atoms with Gasteiger partial charge in [0, 0.05) is 0 Å². The summed E-state index contributed by atoms with van der Waals surface area (Å²) in [4.78, 5) is 13.9. The Morgan fingerprint density at radius 2 is 1.92 bits per heavy atom. The van der Waals surface area contributed by atoms with Gasteiger partial charge in [0.15, 0.2) is 11.6 Å². The molecule has 1 rings (SSSR count). The van der Waals surface area contributed by atoms with Crippen LogP contribution >= 0.6 is 0 Å². The fourth-order valence-electron chi connectivity index (χ4n) is 0.700. The quantitative estimate of drug-likeness (QED) is 0.356. The predicted octanol–water partition coefficient (Wildman–Crippen LogP) is -0.0367. The molecule has 0 aliphatic heterocycles. The largest absolute Gasteiger partial charge is 0.290 e. The highest BCUT2D eigenvalue weighted by Crippen LogP contribution is 2.08. The lowest BCUT2D eigenvalue weighted by Crippen LogP contribution is -2.31. The van der Waals surface area contributed by atoms with Gasteiger partial charge in [-0.3, -0.25) is 15.2 Å². The molecular formula is C6H5F2N3O. The van der Waals surface area contributed by atoms with Crippen molar-refractivity contribution in [3.8, 4) is 0 Å². The topological polar surface area (TPSA) is 68.0 Å². The molecule has 0 atom stereocenters. The fraction of sp³-hybridized carbons (Fsp3) is 0. The van der Waals surface area contributed by atoms with Crippen LogP contribution in [0.2, 0.25) is 0 Å². The Balaban J connectivity index is 3.21. The van der Waals surface area contributed by atoms with E-state index in [2.05, 4.69) is 10.8 Å². The Bertz CT molecular complexity index is 295. The molecule has 0 radical (unpaired) electrons. The van der Waals surface area contributed by atoms with Crippen LogP contribution in [0.4, 0.5) is 8.78 Å². The van der Waals surface area contributed by atoms with Crippen LogP contribution in [0.15, 0.2) is 12.4 Å². The van der Waals surface area contributed by atoms with Crippen LogP contribution < -0.4 is 11.3 Å². The molecule has 1 aromatic rings. The number of halogens is 2. The lowest BCUT2D eigenvalue weighted by Gasteiger charge is -2.00. The van der Waals surface area contributed by atoms with Gasteiger partial charge in [0.25, 0.3) is 5.91 Å². The molecule has 3 N–H and O–H groups in total. The number of aromatic nitrogens is 1. The molecule has 0 aliphatic rings. The van der Waals surface area contributed by atoms with E-state index >= 15 is 0 Å². The lowest BCUT2D eigenvalue weighted by molar-refractivity contribution is 0.0945. The van der Waals surface area contributed by atoms with Gasteiger partial charge in [0.2, 0.25) is 0 Å². The summed E-state index contributed by atoms with van der Waals surface area (Å²) in [5.41, 5.74) is 0.887. The summed E-state index contributed by atoms with van der Waals surface area (Å²) >= 11 is 0. The Kier molecular flexibility index (Phi) is 2.29. The van der Waals surface area contributed by atoms with Crippen LogP contribution in [0, 0.1) is 11.6 Å². The standard InChI is InChI=1S/C6H5F2N3O/c7-3-1-10-2-4(8)5(3)6(12)11-9/h1-2H,9H2,(H,11,12). The zero-order valence-corrected chi connectivity index (χ0v) is 5.84. The summed E-state index contributed by atoms with van der Waals surface area (Å²) in [6.07, 6.45) is 1.46. The van der Waals surface area contributed by atoms with Crippen LogP contribution in [-0.4, -0.2) is 10.9 Å². The maximum absolute atomic E-state index is 12.7. The molecule has 0 aliphatic carbocycles. The maximum atomic E-state index is 12.7. The second kappa shape index (κ2) is 3.22. The van der Waals surface area contributed by atoms with Gasteiger partial charge >= 0.3 is 0 Å². The molecule has 0 saturated heterocycles. The summed E-state index contributed by atoms with van der Waals surface area (Å²) in [6, 6.07) is 0. The number of rotatable bonds is 1. The summed E-state index contributed by atoms with van der Waals surface area (Å²) < 4.78 is 25.3. The Morgan fingerprint density at radius 1 is 1.42 bits per heavy atom. The third kappa shape index (κ3) is 1.37. The summed E-state index contributed by atoms with van der Waals surface area (Å²) in [5.74, 6) is 1.58. The molecule has 64 valence electrons. The minimum atomic E-state index is -1.04. The first-order chi connectivity index (χ1) is 5.66. The van der Waals surface area contributed by atoms with Gasteiger partial charge in [-0.1, -0.05) is 0 Å². The molecule has 1 aromatic heterocycles. The van der Waals surface area contributed by atoms with Crippen molar-refractivity contribution in [2.45, 2.75) is 0 Å². The van der Waals surface area contributed by atoms with Crippen LogP contribution in [0.25, 0.3) is 0 Å². The van der Waals surface area contributed by atoms with Crippen molar-refractivity contribution in [3.05, 3.63) is 29.6 Å². The summed E-state index contributed by atoms with van der Waals surface area (Å²) in [5, 5.41) is 0. The minimum Gasteiger partial charge on any atom is -0.290 e. The average molecular weight is 173 g/mol. The number of nitrogen functional groups attached to an aromatic ring is 1. The maximum Gasteiger partial charge on any atom is 0.271 e. The summed E-state index contributed by atoms with van der Waals surface area (Å²) in [7, 11) is 0. The number of nitrogens with one attached hydrogen (secondary N) is 1. The van der Waals surface area contributed by atoms with E-state index in [9.17, 15) is 13.6 Å². The molecule has 1 amide bonds. The van der Waals surface area contributed by atoms with E-state index in [1.807, 2.05) is 0 Å². The number of carbonyl (C=O) groups is 1. The first-order valence-electron chi connectivity index (χ1n) is 2.96. The molecule has 0 fully saturated rings. The molecular weight excluding hydrogens is 168 g/mol. The van der Waals surface area contributed by atoms with Crippen molar-refractivity contribution >= 4 is 5.91 Å². The number of nitrogens with two attached hydrogens (primary N) is 1. The predicted molar refractivity (Wildman–Crippen MR) is 35.8 cm³/mol. The van der Waals surface area contributed by atoms with Crippen LogP contribution in [0.3, 0.4) is 0 Å². The van der Waals surface area contributed by atoms with E-state index in [0.717, 1.165) is 12.4 Å². The third-order valence-electron chi connectivity index (χ3n) is 1.21. The zero-order chi connectivity index (χ0) is 9.14. The van der Waals surface area contributed by atoms with E-state index in [0.29, 0.717) is 0 Å². The summed E-state index contributed by atoms with van der Waals surface area (Å²) in [6.45, 7) is 0. The highest BCUT2D eigenvalue weighted by Gasteiger charge is 2.15. The smallest absolute Gasteiger partial charge is 0.271 e. The van der Waals surface area contributed by atoms with Gasteiger partial charge in [0.1, 0.15) is 5.56 Å². The van der Waals surface area contributed by atoms with Gasteiger partial charge in [-0.05, 0) is 0 Å². The molecule has 0 saturated carbocycles. The number of carbonyl (C=O) groups excluding carboxylic acids is 1.